The second-order valence-corrected chi connectivity index (χ2v) is 7.75. The van der Waals surface area contributed by atoms with Crippen LogP contribution in [0.2, 0.25) is 0 Å². The van der Waals surface area contributed by atoms with Crippen LogP contribution in [0, 0.1) is 6.92 Å². The van der Waals surface area contributed by atoms with Crippen LogP contribution in [-0.4, -0.2) is 34.8 Å². The lowest BCUT2D eigenvalue weighted by molar-refractivity contribution is -0.141. The van der Waals surface area contributed by atoms with Gasteiger partial charge in [0.25, 0.3) is 11.7 Å². The summed E-state index contributed by atoms with van der Waals surface area (Å²) in [6.45, 7) is 1.96. The van der Waals surface area contributed by atoms with E-state index in [0.29, 0.717) is 11.3 Å². The van der Waals surface area contributed by atoms with Crippen LogP contribution in [0.4, 0.5) is 0 Å². The van der Waals surface area contributed by atoms with Gasteiger partial charge in [-0.15, -0.1) is 0 Å². The number of aliphatic hydroxyl groups excluding tert-OH is 1. The first kappa shape index (κ1) is 19.2. The highest BCUT2D eigenvalue weighted by Gasteiger charge is 2.49. The van der Waals surface area contributed by atoms with E-state index in [0.717, 1.165) is 36.8 Å². The third-order valence-corrected chi connectivity index (χ3v) is 5.96. The van der Waals surface area contributed by atoms with Crippen molar-refractivity contribution in [3.05, 3.63) is 70.8 Å². The van der Waals surface area contributed by atoms with Crippen molar-refractivity contribution in [3.63, 3.8) is 0 Å². The SMILES string of the molecule is COc1ccccc1C1/C(=C(/O)c2ccc(C)cc2)C(=O)C(=O)N1C1CCCC1. The lowest BCUT2D eigenvalue weighted by Crippen LogP contribution is -2.37. The fourth-order valence-electron chi connectivity index (χ4n) is 4.47. The first-order valence-corrected chi connectivity index (χ1v) is 10.0. The van der Waals surface area contributed by atoms with Crippen molar-refractivity contribution < 1.29 is 19.4 Å². The molecule has 1 aliphatic heterocycles. The van der Waals surface area contributed by atoms with E-state index in [-0.39, 0.29) is 17.4 Å². The van der Waals surface area contributed by atoms with Crippen LogP contribution < -0.4 is 4.74 Å². The summed E-state index contributed by atoms with van der Waals surface area (Å²) in [5.41, 5.74) is 2.43. The Balaban J connectivity index is 1.92. The minimum atomic E-state index is -0.657. The second-order valence-electron chi connectivity index (χ2n) is 7.75. The predicted molar refractivity (Wildman–Crippen MR) is 111 cm³/mol. The molecule has 1 N–H and O–H groups in total. The molecule has 1 amide bonds. The lowest BCUT2D eigenvalue weighted by Gasteiger charge is -2.31. The van der Waals surface area contributed by atoms with Crippen molar-refractivity contribution in [2.75, 3.05) is 7.11 Å². The number of benzene rings is 2. The van der Waals surface area contributed by atoms with E-state index in [1.807, 2.05) is 43.3 Å². The molecular weight excluding hydrogens is 366 g/mol. The van der Waals surface area contributed by atoms with Gasteiger partial charge < -0.3 is 14.7 Å². The summed E-state index contributed by atoms with van der Waals surface area (Å²) in [5, 5.41) is 11.1. The quantitative estimate of drug-likeness (QED) is 0.477. The molecule has 0 radical (unpaired) electrons. The highest BCUT2D eigenvalue weighted by molar-refractivity contribution is 6.46. The van der Waals surface area contributed by atoms with Crippen LogP contribution in [0.5, 0.6) is 5.75 Å². The molecule has 2 aromatic carbocycles. The smallest absolute Gasteiger partial charge is 0.295 e. The summed E-state index contributed by atoms with van der Waals surface area (Å²) in [5.74, 6) is -0.718. The molecule has 1 heterocycles. The van der Waals surface area contributed by atoms with Crippen LogP contribution in [0.15, 0.2) is 54.1 Å². The number of para-hydroxylation sites is 1. The minimum absolute atomic E-state index is 0.00956. The molecule has 2 aliphatic rings. The van der Waals surface area contributed by atoms with Crippen LogP contribution in [0.3, 0.4) is 0 Å². The van der Waals surface area contributed by atoms with E-state index in [9.17, 15) is 14.7 Å². The molecule has 2 fully saturated rings. The third kappa shape index (κ3) is 3.31. The molecule has 0 aromatic heterocycles. The van der Waals surface area contributed by atoms with Gasteiger partial charge in [0, 0.05) is 17.2 Å². The zero-order valence-corrected chi connectivity index (χ0v) is 16.7. The monoisotopic (exact) mass is 391 g/mol. The highest BCUT2D eigenvalue weighted by Crippen LogP contribution is 2.45. The van der Waals surface area contributed by atoms with Gasteiger partial charge in [-0.05, 0) is 25.8 Å². The minimum Gasteiger partial charge on any atom is -0.507 e. The maximum absolute atomic E-state index is 13.1. The number of aryl methyl sites for hydroxylation is 1. The van der Waals surface area contributed by atoms with Gasteiger partial charge >= 0.3 is 0 Å². The number of hydrogen-bond donors (Lipinski definition) is 1. The van der Waals surface area contributed by atoms with Gasteiger partial charge in [-0.1, -0.05) is 60.9 Å². The van der Waals surface area contributed by atoms with Crippen molar-refractivity contribution in [3.8, 4) is 5.75 Å². The number of aliphatic hydroxyl groups is 1. The Morgan fingerprint density at radius 3 is 2.34 bits per heavy atom. The number of carbonyl (C=O) groups excluding carboxylic acids is 2. The molecule has 1 aliphatic carbocycles. The lowest BCUT2D eigenvalue weighted by atomic mass is 9.94. The Labute approximate surface area is 170 Å². The fraction of sp³-hybridized carbons (Fsp3) is 0.333. The van der Waals surface area contributed by atoms with E-state index in [1.165, 1.54) is 0 Å². The zero-order chi connectivity index (χ0) is 20.5. The van der Waals surface area contributed by atoms with E-state index in [2.05, 4.69) is 0 Å². The average molecular weight is 391 g/mol. The topological polar surface area (TPSA) is 66.8 Å². The number of amides is 1. The summed E-state index contributed by atoms with van der Waals surface area (Å²) in [6, 6.07) is 14.0. The van der Waals surface area contributed by atoms with E-state index < -0.39 is 17.7 Å². The number of likely N-dealkylation sites (tertiary alicyclic amines) is 1. The Bertz CT molecular complexity index is 971. The van der Waals surface area contributed by atoms with Crippen LogP contribution in [0.25, 0.3) is 5.76 Å². The molecular formula is C24H25NO4. The highest BCUT2D eigenvalue weighted by atomic mass is 16.5. The van der Waals surface area contributed by atoms with Gasteiger partial charge in [0.15, 0.2) is 0 Å². The number of hydrogen-bond acceptors (Lipinski definition) is 4. The predicted octanol–water partition coefficient (Wildman–Crippen LogP) is 4.37. The van der Waals surface area contributed by atoms with E-state index in [4.69, 9.17) is 4.74 Å². The summed E-state index contributed by atoms with van der Waals surface area (Å²) in [4.78, 5) is 27.8. The molecule has 29 heavy (non-hydrogen) atoms. The first-order valence-electron chi connectivity index (χ1n) is 10.0. The number of ketones is 1. The number of nitrogens with zero attached hydrogens (tertiary/aromatic N) is 1. The molecule has 0 spiro atoms. The van der Waals surface area contributed by atoms with Crippen molar-refractivity contribution in [2.45, 2.75) is 44.7 Å². The number of methoxy groups -OCH3 is 1. The van der Waals surface area contributed by atoms with Crippen molar-refractivity contribution >= 4 is 17.4 Å². The standard InChI is InChI=1S/C24H25NO4/c1-15-11-13-16(14-12-15)22(26)20-21(18-9-5-6-10-19(18)29-2)25(24(28)23(20)27)17-7-3-4-8-17/h5-6,9-14,17,21,26H,3-4,7-8H2,1-2H3/b22-20-. The van der Waals surface area contributed by atoms with Gasteiger partial charge in [0.05, 0.1) is 18.7 Å². The van der Waals surface area contributed by atoms with E-state index in [1.54, 1.807) is 24.1 Å². The Kier molecular flexibility index (Phi) is 5.14. The summed E-state index contributed by atoms with van der Waals surface area (Å²) < 4.78 is 5.54. The first-order chi connectivity index (χ1) is 14.0. The molecule has 2 aromatic rings. The maximum atomic E-state index is 13.1. The number of rotatable bonds is 4. The largest absolute Gasteiger partial charge is 0.507 e. The van der Waals surface area contributed by atoms with Crippen LogP contribution in [-0.2, 0) is 9.59 Å². The molecule has 0 bridgehead atoms. The van der Waals surface area contributed by atoms with Crippen LogP contribution >= 0.6 is 0 Å². The van der Waals surface area contributed by atoms with Crippen molar-refractivity contribution in [2.24, 2.45) is 0 Å². The summed E-state index contributed by atoms with van der Waals surface area (Å²) in [6.07, 6.45) is 3.79. The number of ether oxygens (including phenoxy) is 1. The fourth-order valence-corrected chi connectivity index (χ4v) is 4.47. The van der Waals surface area contributed by atoms with Gasteiger partial charge in [-0.3, -0.25) is 9.59 Å². The zero-order valence-electron chi connectivity index (χ0n) is 16.7. The molecule has 150 valence electrons. The molecule has 5 heteroatoms. The normalized spacial score (nSPS) is 21.7. The van der Waals surface area contributed by atoms with E-state index >= 15 is 0 Å². The summed E-state index contributed by atoms with van der Waals surface area (Å²) in [7, 11) is 1.57. The Hall–Kier alpha value is -3.08. The number of Topliss-reactive ketones (excluding diaryl/α,β-unsaturated/α-hetero) is 1. The summed E-state index contributed by atoms with van der Waals surface area (Å²) >= 11 is 0. The Morgan fingerprint density at radius 2 is 1.69 bits per heavy atom. The van der Waals surface area contributed by atoms with Gasteiger partial charge in [0.2, 0.25) is 0 Å². The number of carbonyl (C=O) groups is 2. The maximum Gasteiger partial charge on any atom is 0.295 e. The van der Waals surface area contributed by atoms with Gasteiger partial charge in [-0.2, -0.15) is 0 Å². The molecule has 4 rings (SSSR count). The van der Waals surface area contributed by atoms with Crippen molar-refractivity contribution in [1.82, 2.24) is 4.90 Å². The molecule has 1 saturated heterocycles. The van der Waals surface area contributed by atoms with Crippen molar-refractivity contribution in [1.29, 1.82) is 0 Å². The Morgan fingerprint density at radius 1 is 1.03 bits per heavy atom. The third-order valence-electron chi connectivity index (χ3n) is 5.96. The average Bonchev–Trinajstić information content (AvgIpc) is 3.35. The van der Waals surface area contributed by atoms with Crippen LogP contribution in [0.1, 0.15) is 48.4 Å². The van der Waals surface area contributed by atoms with Gasteiger partial charge in [-0.25, -0.2) is 0 Å². The molecule has 1 unspecified atom stereocenters. The second kappa shape index (κ2) is 7.74. The molecule has 1 saturated carbocycles. The molecule has 1 atom stereocenters. The molecule has 5 nitrogen and oxygen atoms in total. The van der Waals surface area contributed by atoms with Gasteiger partial charge in [0.1, 0.15) is 11.5 Å².